The van der Waals surface area contributed by atoms with E-state index in [1.54, 1.807) is 0 Å². The summed E-state index contributed by atoms with van der Waals surface area (Å²) >= 11 is 0. The highest BCUT2D eigenvalue weighted by Gasteiger charge is 2.28. The van der Waals surface area contributed by atoms with Crippen LogP contribution in [0.5, 0.6) is 0 Å². The Kier molecular flexibility index (Phi) is 2.69. The summed E-state index contributed by atoms with van der Waals surface area (Å²) in [5.41, 5.74) is 6.08. The third-order valence-electron chi connectivity index (χ3n) is 1.95. The number of carbonyl (C=O) groups excluding carboxylic acids is 1. The highest BCUT2D eigenvalue weighted by atomic mass is 16.1. The Labute approximate surface area is 67.5 Å². The Bertz CT molecular complexity index is 180. The lowest BCUT2D eigenvalue weighted by Crippen LogP contribution is -2.15. The predicted octanol–water partition coefficient (Wildman–Crippen LogP) is 1.61. The molecule has 0 unspecified atom stereocenters. The lowest BCUT2D eigenvalue weighted by Gasteiger charge is -1.98. The molecule has 1 aliphatic carbocycles. The van der Waals surface area contributed by atoms with Gasteiger partial charge >= 0.3 is 0 Å². The second-order valence-corrected chi connectivity index (χ2v) is 3.09. The highest BCUT2D eigenvalue weighted by molar-refractivity contribution is 5.92. The zero-order valence-electron chi connectivity index (χ0n) is 6.97. The van der Waals surface area contributed by atoms with E-state index in [-0.39, 0.29) is 5.91 Å². The van der Waals surface area contributed by atoms with Crippen LogP contribution in [0.4, 0.5) is 0 Å². The van der Waals surface area contributed by atoms with Crippen LogP contribution >= 0.6 is 0 Å². The number of primary amides is 1. The summed E-state index contributed by atoms with van der Waals surface area (Å²) in [5.74, 6) is 0.278. The average molecular weight is 153 g/mol. The Balaban J connectivity index is 2.50. The van der Waals surface area contributed by atoms with Gasteiger partial charge in [0.25, 0.3) is 0 Å². The average Bonchev–Trinajstić information content (AvgIpc) is 2.71. The number of nitrogens with two attached hydrogens (primary N) is 1. The monoisotopic (exact) mass is 153 g/mol. The van der Waals surface area contributed by atoms with Crippen LogP contribution in [-0.2, 0) is 4.79 Å². The van der Waals surface area contributed by atoms with Crippen LogP contribution in [0.3, 0.4) is 0 Å². The van der Waals surface area contributed by atoms with E-state index in [4.69, 9.17) is 5.73 Å². The molecule has 0 aliphatic heterocycles. The van der Waals surface area contributed by atoms with Crippen molar-refractivity contribution in [2.45, 2.75) is 32.6 Å². The van der Waals surface area contributed by atoms with Gasteiger partial charge in [-0.2, -0.15) is 0 Å². The van der Waals surface area contributed by atoms with Crippen LogP contribution in [0.2, 0.25) is 0 Å². The second kappa shape index (κ2) is 3.56. The lowest BCUT2D eigenvalue weighted by atomic mass is 10.1. The van der Waals surface area contributed by atoms with Gasteiger partial charge in [-0.25, -0.2) is 0 Å². The maximum Gasteiger partial charge on any atom is 0.244 e. The number of hydrogen-bond donors (Lipinski definition) is 1. The van der Waals surface area contributed by atoms with Crippen molar-refractivity contribution in [2.24, 2.45) is 11.7 Å². The molecular formula is C9H15NO. The Hall–Kier alpha value is -0.790. The molecule has 1 fully saturated rings. The van der Waals surface area contributed by atoms with Crippen molar-refractivity contribution in [3.8, 4) is 0 Å². The number of unbranched alkanes of at least 4 members (excludes halogenated alkanes) is 1. The molecule has 0 atom stereocenters. The number of allylic oxidation sites excluding steroid dienone is 1. The molecule has 0 aromatic rings. The molecule has 2 heteroatoms. The number of rotatable bonds is 4. The maximum absolute atomic E-state index is 10.8. The summed E-state index contributed by atoms with van der Waals surface area (Å²) in [7, 11) is 0. The maximum atomic E-state index is 10.8. The van der Waals surface area contributed by atoms with E-state index in [0.29, 0.717) is 5.92 Å². The molecule has 2 nitrogen and oxygen atoms in total. The standard InChI is InChI=1S/C9H15NO/c1-2-3-4-8(9(10)11)7-5-6-7/h4,7H,2-3,5-6H2,1H3,(H2,10,11)/b8-4+. The molecule has 0 aromatic carbocycles. The van der Waals surface area contributed by atoms with Crippen LogP contribution in [0.1, 0.15) is 32.6 Å². The minimum Gasteiger partial charge on any atom is -0.366 e. The molecule has 0 heterocycles. The van der Waals surface area contributed by atoms with E-state index in [1.807, 2.05) is 6.08 Å². The van der Waals surface area contributed by atoms with Gasteiger partial charge in [-0.1, -0.05) is 19.4 Å². The van der Waals surface area contributed by atoms with Crippen molar-refractivity contribution in [1.29, 1.82) is 0 Å². The first-order valence-corrected chi connectivity index (χ1v) is 4.25. The Morgan fingerprint density at radius 1 is 1.64 bits per heavy atom. The second-order valence-electron chi connectivity index (χ2n) is 3.09. The Morgan fingerprint density at radius 2 is 2.27 bits per heavy atom. The van der Waals surface area contributed by atoms with E-state index < -0.39 is 0 Å². The Morgan fingerprint density at radius 3 is 2.64 bits per heavy atom. The first kappa shape index (κ1) is 8.31. The molecule has 2 N–H and O–H groups in total. The zero-order chi connectivity index (χ0) is 8.27. The van der Waals surface area contributed by atoms with Gasteiger partial charge in [-0.3, -0.25) is 4.79 Å². The van der Waals surface area contributed by atoms with E-state index >= 15 is 0 Å². The van der Waals surface area contributed by atoms with Gasteiger partial charge in [-0.15, -0.1) is 0 Å². The smallest absolute Gasteiger partial charge is 0.244 e. The third-order valence-corrected chi connectivity index (χ3v) is 1.95. The predicted molar refractivity (Wildman–Crippen MR) is 44.9 cm³/mol. The number of hydrogen-bond acceptors (Lipinski definition) is 1. The molecule has 1 aliphatic rings. The largest absolute Gasteiger partial charge is 0.366 e. The third kappa shape index (κ3) is 2.37. The van der Waals surface area contributed by atoms with E-state index in [1.165, 1.54) is 0 Å². The van der Waals surface area contributed by atoms with Crippen LogP contribution < -0.4 is 5.73 Å². The quantitative estimate of drug-likeness (QED) is 0.612. The van der Waals surface area contributed by atoms with E-state index in [0.717, 1.165) is 31.3 Å². The minimum absolute atomic E-state index is 0.221. The van der Waals surface area contributed by atoms with Crippen LogP contribution in [-0.4, -0.2) is 5.91 Å². The number of amides is 1. The van der Waals surface area contributed by atoms with Crippen molar-refractivity contribution >= 4 is 5.91 Å². The molecule has 0 bridgehead atoms. The molecule has 11 heavy (non-hydrogen) atoms. The SMILES string of the molecule is CCC/C=C(/C(N)=O)C1CC1. The fourth-order valence-corrected chi connectivity index (χ4v) is 1.16. The number of carbonyl (C=O) groups is 1. The van der Waals surface area contributed by atoms with Gasteiger partial charge in [0.1, 0.15) is 0 Å². The molecule has 0 radical (unpaired) electrons. The summed E-state index contributed by atoms with van der Waals surface area (Å²) in [6, 6.07) is 0. The van der Waals surface area contributed by atoms with Crippen molar-refractivity contribution in [3.63, 3.8) is 0 Å². The van der Waals surface area contributed by atoms with Crippen molar-refractivity contribution in [1.82, 2.24) is 0 Å². The molecule has 0 spiro atoms. The zero-order valence-corrected chi connectivity index (χ0v) is 6.97. The highest BCUT2D eigenvalue weighted by Crippen LogP contribution is 2.36. The van der Waals surface area contributed by atoms with Crippen molar-refractivity contribution in [2.75, 3.05) is 0 Å². The van der Waals surface area contributed by atoms with E-state index in [9.17, 15) is 4.79 Å². The summed E-state index contributed by atoms with van der Waals surface area (Å²) in [6.07, 6.45) is 6.37. The fraction of sp³-hybridized carbons (Fsp3) is 0.667. The summed E-state index contributed by atoms with van der Waals surface area (Å²) < 4.78 is 0. The molecule has 0 aromatic heterocycles. The van der Waals surface area contributed by atoms with Gasteiger partial charge in [0.15, 0.2) is 0 Å². The van der Waals surface area contributed by atoms with Crippen LogP contribution in [0.25, 0.3) is 0 Å². The van der Waals surface area contributed by atoms with Gasteiger partial charge in [-0.05, 0) is 25.2 Å². The van der Waals surface area contributed by atoms with Crippen LogP contribution in [0, 0.1) is 5.92 Å². The first-order valence-electron chi connectivity index (χ1n) is 4.25. The van der Waals surface area contributed by atoms with Gasteiger partial charge in [0.2, 0.25) is 5.91 Å². The topological polar surface area (TPSA) is 43.1 Å². The van der Waals surface area contributed by atoms with E-state index in [2.05, 4.69) is 6.92 Å². The minimum atomic E-state index is -0.221. The van der Waals surface area contributed by atoms with Crippen molar-refractivity contribution in [3.05, 3.63) is 11.6 Å². The molecule has 62 valence electrons. The van der Waals surface area contributed by atoms with Gasteiger partial charge in [0.05, 0.1) is 0 Å². The lowest BCUT2D eigenvalue weighted by molar-refractivity contribution is -0.114. The fourth-order valence-electron chi connectivity index (χ4n) is 1.16. The van der Waals surface area contributed by atoms with Gasteiger partial charge in [0, 0.05) is 5.57 Å². The molecule has 1 saturated carbocycles. The summed E-state index contributed by atoms with van der Waals surface area (Å²) in [5, 5.41) is 0. The van der Waals surface area contributed by atoms with Crippen LogP contribution in [0.15, 0.2) is 11.6 Å². The molecular weight excluding hydrogens is 138 g/mol. The summed E-state index contributed by atoms with van der Waals surface area (Å²) in [4.78, 5) is 10.8. The van der Waals surface area contributed by atoms with Crippen molar-refractivity contribution < 1.29 is 4.79 Å². The summed E-state index contributed by atoms with van der Waals surface area (Å²) in [6.45, 7) is 2.10. The molecule has 0 saturated heterocycles. The first-order chi connectivity index (χ1) is 5.25. The molecule has 1 rings (SSSR count). The normalized spacial score (nSPS) is 18.5. The van der Waals surface area contributed by atoms with Gasteiger partial charge < -0.3 is 5.73 Å². The molecule has 1 amide bonds.